The second kappa shape index (κ2) is 37.0. The van der Waals surface area contributed by atoms with Crippen molar-refractivity contribution >= 4 is 49.7 Å². The van der Waals surface area contributed by atoms with Gasteiger partial charge in [0.15, 0.2) is 23.5 Å². The van der Waals surface area contributed by atoms with Crippen LogP contribution in [0.15, 0.2) is 66.8 Å². The summed E-state index contributed by atoms with van der Waals surface area (Å²) in [5, 5.41) is 26.8. The number of ether oxygens (including phenoxy) is 1. The lowest BCUT2D eigenvalue weighted by Crippen LogP contribution is -2.41. The molecule has 0 aliphatic heterocycles. The van der Waals surface area contributed by atoms with Gasteiger partial charge in [0, 0.05) is 35.6 Å². The number of allylic oxidation sites excluding steroid dienone is 4. The van der Waals surface area contributed by atoms with Crippen LogP contribution in [-0.4, -0.2) is 46.4 Å². The Kier molecular flexibility index (Phi) is 31.1. The molecule has 0 bridgehead atoms. The number of carbonyl (C=O) groups excluding carboxylic acids is 3. The number of aliphatic hydroxyl groups is 2. The van der Waals surface area contributed by atoms with Gasteiger partial charge in [0.1, 0.15) is 11.9 Å². The number of hydrogen-bond donors (Lipinski definition) is 2. The first-order valence-electron chi connectivity index (χ1n) is 29.5. The van der Waals surface area contributed by atoms with Gasteiger partial charge < -0.3 is 14.9 Å². The first kappa shape index (κ1) is 59.7. The number of unbranched alkanes of at least 4 members (excludes halogenated alkanes) is 28. The van der Waals surface area contributed by atoms with E-state index in [0.717, 1.165) is 117 Å². The lowest BCUT2D eigenvalue weighted by molar-refractivity contribution is -0.132. The third-order valence-corrected chi connectivity index (χ3v) is 14.8. The van der Waals surface area contributed by atoms with Crippen molar-refractivity contribution in [1.29, 1.82) is 0 Å². The number of Topliss-reactive ketones (excluding diaryl/α,β-unsaturated/α-hetero) is 3. The molecule has 71 heavy (non-hydrogen) atoms. The predicted molar refractivity (Wildman–Crippen MR) is 303 cm³/mol. The first-order valence-corrected chi connectivity index (χ1v) is 29.5. The molecule has 0 aromatic heterocycles. The summed E-state index contributed by atoms with van der Waals surface area (Å²) in [6.07, 6.45) is 44.7. The lowest BCUT2D eigenvalue weighted by Gasteiger charge is -2.27. The summed E-state index contributed by atoms with van der Waals surface area (Å²) in [5.41, 5.74) is 0.596. The molecule has 2 atom stereocenters. The maximum Gasteiger partial charge on any atom is 0.184 e. The van der Waals surface area contributed by atoms with Gasteiger partial charge in [-0.15, -0.1) is 0 Å². The molecule has 0 aliphatic rings. The Labute approximate surface area is 431 Å². The largest absolute Gasteiger partial charge is 0.478 e. The van der Waals surface area contributed by atoms with Crippen molar-refractivity contribution in [3.05, 3.63) is 77.9 Å². The van der Waals surface area contributed by atoms with E-state index in [4.69, 9.17) is 4.74 Å². The minimum absolute atomic E-state index is 0.0908. The van der Waals surface area contributed by atoms with Crippen LogP contribution in [0.2, 0.25) is 0 Å². The zero-order valence-corrected chi connectivity index (χ0v) is 45.2. The third-order valence-electron chi connectivity index (χ3n) is 14.8. The summed E-state index contributed by atoms with van der Waals surface area (Å²) in [4.78, 5) is 44.0. The molecule has 0 heterocycles. The van der Waals surface area contributed by atoms with Gasteiger partial charge in [0.05, 0.1) is 12.2 Å². The number of rotatable bonds is 45. The normalized spacial score (nSPS) is 12.9. The van der Waals surface area contributed by atoms with E-state index in [2.05, 4.69) is 57.2 Å². The molecule has 0 spiro atoms. The van der Waals surface area contributed by atoms with E-state index in [9.17, 15) is 24.6 Å². The van der Waals surface area contributed by atoms with Crippen LogP contribution < -0.4 is 4.74 Å². The lowest BCUT2D eigenvalue weighted by atomic mass is 9.84. The maximum absolute atomic E-state index is 15.0. The monoisotopic (exact) mass is 975 g/mol. The van der Waals surface area contributed by atoms with Crippen molar-refractivity contribution in [3.8, 4) is 5.75 Å². The smallest absolute Gasteiger partial charge is 0.184 e. The molecule has 4 aromatic carbocycles. The molecular formula is C65H98O6. The molecule has 0 saturated heterocycles. The van der Waals surface area contributed by atoms with Crippen molar-refractivity contribution in [3.63, 3.8) is 0 Å². The molecule has 0 fully saturated rings. The number of benzene rings is 4. The van der Waals surface area contributed by atoms with Crippen LogP contribution in [0.25, 0.3) is 32.3 Å². The predicted octanol–water partition coefficient (Wildman–Crippen LogP) is 18.8. The molecule has 0 aliphatic carbocycles. The minimum Gasteiger partial charge on any atom is -0.478 e. The van der Waals surface area contributed by atoms with E-state index in [1.807, 2.05) is 30.3 Å². The Morgan fingerprint density at radius 3 is 1.27 bits per heavy atom. The van der Waals surface area contributed by atoms with Crippen LogP contribution in [-0.2, 0) is 4.79 Å². The van der Waals surface area contributed by atoms with E-state index < -0.39 is 18.8 Å². The van der Waals surface area contributed by atoms with Gasteiger partial charge in [0.2, 0.25) is 0 Å². The summed E-state index contributed by atoms with van der Waals surface area (Å²) >= 11 is 0. The first-order chi connectivity index (χ1) is 34.9. The second-order valence-corrected chi connectivity index (χ2v) is 20.9. The molecule has 0 amide bonds. The number of hydrogen-bond acceptors (Lipinski definition) is 6. The highest BCUT2D eigenvalue weighted by atomic mass is 16.5. The maximum atomic E-state index is 15.0. The molecule has 0 radical (unpaired) electrons. The van der Waals surface area contributed by atoms with Crippen LogP contribution in [0, 0.1) is 0 Å². The van der Waals surface area contributed by atoms with Crippen molar-refractivity contribution in [1.82, 2.24) is 0 Å². The standard InChI is InChI=1S/C65H98O6/c1-4-7-10-13-16-18-20-22-24-26-28-30-33-35-38-44-56(67)62-54-49-47-52-42-41-43-53-48-50-55(61(54)60(52)53)64(71-65(59(70)51-66)58(69)46-40-37-32-15-12-9-6-3)63(62)57(68)45-39-36-34-31-29-27-25-23-21-19-17-14-11-8-5-2/h22-25,41-43,47-50,59,65-66,70H,4-21,26-40,44-46,51H2,1-3H3. The highest BCUT2D eigenvalue weighted by Gasteiger charge is 2.34. The highest BCUT2D eigenvalue weighted by Crippen LogP contribution is 2.45. The fourth-order valence-corrected chi connectivity index (χ4v) is 10.5. The zero-order valence-electron chi connectivity index (χ0n) is 45.2. The van der Waals surface area contributed by atoms with E-state index in [0.29, 0.717) is 30.2 Å². The molecule has 6 heteroatoms. The van der Waals surface area contributed by atoms with Gasteiger partial charge in [-0.05, 0) is 98.2 Å². The van der Waals surface area contributed by atoms with Crippen LogP contribution in [0.3, 0.4) is 0 Å². The average molecular weight is 975 g/mol. The molecule has 6 nitrogen and oxygen atoms in total. The van der Waals surface area contributed by atoms with Gasteiger partial charge in [-0.2, -0.15) is 0 Å². The Hall–Kier alpha value is -3.87. The Balaban J connectivity index is 1.53. The number of aliphatic hydroxyl groups excluding tert-OH is 2. The summed E-state index contributed by atoms with van der Waals surface area (Å²) in [6.45, 7) is 6.05. The zero-order chi connectivity index (χ0) is 50.7. The quantitative estimate of drug-likeness (QED) is 0.0198. The summed E-state index contributed by atoms with van der Waals surface area (Å²) < 4.78 is 6.75. The van der Waals surface area contributed by atoms with Crippen LogP contribution >= 0.6 is 0 Å². The van der Waals surface area contributed by atoms with E-state index in [1.165, 1.54) is 109 Å². The van der Waals surface area contributed by atoms with Gasteiger partial charge in [0.25, 0.3) is 0 Å². The summed E-state index contributed by atoms with van der Waals surface area (Å²) in [5.74, 6) is -0.380. The Bertz CT molecular complexity index is 2110. The topological polar surface area (TPSA) is 101 Å². The van der Waals surface area contributed by atoms with Gasteiger partial charge in [-0.3, -0.25) is 14.4 Å². The van der Waals surface area contributed by atoms with E-state index in [-0.39, 0.29) is 41.5 Å². The average Bonchev–Trinajstić information content (AvgIpc) is 3.38. The molecule has 4 aromatic rings. The molecule has 2 N–H and O–H groups in total. The number of carbonyl (C=O) groups is 3. The van der Waals surface area contributed by atoms with Gasteiger partial charge >= 0.3 is 0 Å². The van der Waals surface area contributed by atoms with Crippen molar-refractivity contribution in [2.24, 2.45) is 0 Å². The molecule has 4 rings (SSSR count). The van der Waals surface area contributed by atoms with Crippen LogP contribution in [0.1, 0.15) is 273 Å². The highest BCUT2D eigenvalue weighted by molar-refractivity contribution is 6.31. The summed E-state index contributed by atoms with van der Waals surface area (Å²) in [6, 6.07) is 14.1. The SMILES string of the molecule is CCCCCCCCC=CCCCCCCCC(=O)c1c(OC(C(=O)CCCCCCCCC)C(O)CO)c2ccc3cccc4ccc(c1C(=O)CCCCCCCC=CCCCCCCCC)c2c34. The molecule has 0 saturated carbocycles. The van der Waals surface area contributed by atoms with E-state index >= 15 is 0 Å². The molecule has 394 valence electrons. The Morgan fingerprint density at radius 1 is 0.451 bits per heavy atom. The number of ketones is 3. The molecule has 2 unspecified atom stereocenters. The van der Waals surface area contributed by atoms with Crippen LogP contribution in [0.5, 0.6) is 5.75 Å². The van der Waals surface area contributed by atoms with E-state index in [1.54, 1.807) is 0 Å². The van der Waals surface area contributed by atoms with Crippen LogP contribution in [0.4, 0.5) is 0 Å². The van der Waals surface area contributed by atoms with Crippen molar-refractivity contribution < 1.29 is 29.3 Å². The fraction of sp³-hybridized carbons (Fsp3) is 0.646. The Morgan fingerprint density at radius 2 is 0.831 bits per heavy atom. The molecular weight excluding hydrogens is 877 g/mol. The van der Waals surface area contributed by atoms with Crippen molar-refractivity contribution in [2.45, 2.75) is 264 Å². The second-order valence-electron chi connectivity index (χ2n) is 20.9. The van der Waals surface area contributed by atoms with Gasteiger partial charge in [-0.1, -0.05) is 223 Å². The fourth-order valence-electron chi connectivity index (χ4n) is 10.5. The van der Waals surface area contributed by atoms with Crippen molar-refractivity contribution in [2.75, 3.05) is 6.61 Å². The minimum atomic E-state index is -1.49. The third kappa shape index (κ3) is 21.3. The summed E-state index contributed by atoms with van der Waals surface area (Å²) in [7, 11) is 0. The van der Waals surface area contributed by atoms with Gasteiger partial charge in [-0.25, -0.2) is 0 Å².